The number of nitrogens with zero attached hydrogens (tertiary/aromatic N) is 3. The van der Waals surface area contributed by atoms with E-state index in [0.29, 0.717) is 6.54 Å². The Morgan fingerprint density at radius 1 is 1.17 bits per heavy atom. The third-order valence-electron chi connectivity index (χ3n) is 2.64. The molecule has 0 saturated carbocycles. The van der Waals surface area contributed by atoms with Crippen molar-refractivity contribution in [1.29, 1.82) is 0 Å². The van der Waals surface area contributed by atoms with Gasteiger partial charge in [-0.1, -0.05) is 28.1 Å². The Labute approximate surface area is 115 Å². The molecule has 0 radical (unpaired) electrons. The highest BCUT2D eigenvalue weighted by Gasteiger charge is 2.09. The Morgan fingerprint density at radius 3 is 2.50 bits per heavy atom. The molecule has 0 unspecified atom stereocenters. The van der Waals surface area contributed by atoms with Gasteiger partial charge in [-0.05, 0) is 17.7 Å². The van der Waals surface area contributed by atoms with Gasteiger partial charge in [0, 0.05) is 37.0 Å². The molecule has 0 atom stereocenters. The Bertz CT molecular complexity index is 513. The number of anilines is 1. The standard InChI is InChI=1S/C13H15BrN4/c1-18(9-10-2-4-11(14)5-3-10)13-12(8-15)16-6-7-17-13/h2-7H,8-9,15H2,1H3. The SMILES string of the molecule is CN(Cc1ccc(Br)cc1)c1nccnc1CN. The van der Waals surface area contributed by atoms with Crippen molar-refractivity contribution in [3.63, 3.8) is 0 Å². The summed E-state index contributed by atoms with van der Waals surface area (Å²) in [6.07, 6.45) is 3.35. The van der Waals surface area contributed by atoms with Crippen LogP contribution in [-0.2, 0) is 13.1 Å². The minimum Gasteiger partial charge on any atom is -0.354 e. The average molecular weight is 307 g/mol. The highest BCUT2D eigenvalue weighted by atomic mass is 79.9. The van der Waals surface area contributed by atoms with Gasteiger partial charge in [0.1, 0.15) is 0 Å². The topological polar surface area (TPSA) is 55.0 Å². The van der Waals surface area contributed by atoms with E-state index in [0.717, 1.165) is 22.5 Å². The summed E-state index contributed by atoms with van der Waals surface area (Å²) in [6.45, 7) is 1.17. The first-order valence-electron chi connectivity index (χ1n) is 5.66. The largest absolute Gasteiger partial charge is 0.354 e. The van der Waals surface area contributed by atoms with E-state index in [2.05, 4.69) is 42.9 Å². The molecule has 0 aliphatic rings. The number of hydrogen-bond donors (Lipinski definition) is 1. The molecule has 0 spiro atoms. The Balaban J connectivity index is 2.16. The van der Waals surface area contributed by atoms with Gasteiger partial charge >= 0.3 is 0 Å². The fourth-order valence-electron chi connectivity index (χ4n) is 1.76. The molecular weight excluding hydrogens is 292 g/mol. The number of rotatable bonds is 4. The Kier molecular flexibility index (Phi) is 4.28. The molecule has 2 N–H and O–H groups in total. The summed E-state index contributed by atoms with van der Waals surface area (Å²) < 4.78 is 1.08. The van der Waals surface area contributed by atoms with Crippen molar-refractivity contribution in [3.8, 4) is 0 Å². The Hall–Kier alpha value is -1.46. The second-order valence-corrected chi connectivity index (χ2v) is 4.93. The van der Waals surface area contributed by atoms with Gasteiger partial charge in [0.15, 0.2) is 5.82 Å². The zero-order chi connectivity index (χ0) is 13.0. The number of benzene rings is 1. The molecule has 0 amide bonds. The highest BCUT2D eigenvalue weighted by molar-refractivity contribution is 9.10. The van der Waals surface area contributed by atoms with E-state index in [4.69, 9.17) is 5.73 Å². The molecule has 4 nitrogen and oxygen atoms in total. The fourth-order valence-corrected chi connectivity index (χ4v) is 2.03. The second-order valence-electron chi connectivity index (χ2n) is 4.01. The van der Waals surface area contributed by atoms with Gasteiger partial charge < -0.3 is 10.6 Å². The molecule has 5 heteroatoms. The smallest absolute Gasteiger partial charge is 0.151 e. The van der Waals surface area contributed by atoms with Gasteiger partial charge in [-0.15, -0.1) is 0 Å². The van der Waals surface area contributed by atoms with E-state index in [-0.39, 0.29) is 0 Å². The van der Waals surface area contributed by atoms with Crippen LogP contribution in [0.25, 0.3) is 0 Å². The van der Waals surface area contributed by atoms with Crippen molar-refractivity contribution >= 4 is 21.7 Å². The van der Waals surface area contributed by atoms with E-state index in [1.807, 2.05) is 19.2 Å². The fraction of sp³-hybridized carbons (Fsp3) is 0.231. The first kappa shape index (κ1) is 13.0. The van der Waals surface area contributed by atoms with Crippen LogP contribution in [0.3, 0.4) is 0 Å². The quantitative estimate of drug-likeness (QED) is 0.942. The summed E-state index contributed by atoms with van der Waals surface area (Å²) in [6, 6.07) is 8.23. The molecule has 0 aliphatic carbocycles. The lowest BCUT2D eigenvalue weighted by atomic mass is 10.2. The van der Waals surface area contributed by atoms with Crippen LogP contribution >= 0.6 is 15.9 Å². The lowest BCUT2D eigenvalue weighted by molar-refractivity contribution is 0.853. The van der Waals surface area contributed by atoms with Crippen molar-refractivity contribution in [1.82, 2.24) is 9.97 Å². The zero-order valence-corrected chi connectivity index (χ0v) is 11.8. The predicted molar refractivity (Wildman–Crippen MR) is 76.2 cm³/mol. The molecule has 1 aromatic heterocycles. The molecule has 94 valence electrons. The van der Waals surface area contributed by atoms with Crippen LogP contribution < -0.4 is 10.6 Å². The summed E-state index contributed by atoms with van der Waals surface area (Å²) in [5.41, 5.74) is 7.70. The van der Waals surface area contributed by atoms with Gasteiger partial charge in [0.2, 0.25) is 0 Å². The molecule has 0 fully saturated rings. The van der Waals surface area contributed by atoms with E-state index in [1.165, 1.54) is 5.56 Å². The highest BCUT2D eigenvalue weighted by Crippen LogP contribution is 2.17. The van der Waals surface area contributed by atoms with Crippen molar-refractivity contribution in [2.75, 3.05) is 11.9 Å². The van der Waals surface area contributed by atoms with E-state index in [9.17, 15) is 0 Å². The van der Waals surface area contributed by atoms with Crippen LogP contribution in [-0.4, -0.2) is 17.0 Å². The van der Waals surface area contributed by atoms with Gasteiger partial charge in [-0.3, -0.25) is 4.98 Å². The maximum Gasteiger partial charge on any atom is 0.151 e. The minimum atomic E-state index is 0.397. The monoisotopic (exact) mass is 306 g/mol. The predicted octanol–water partition coefficient (Wildman–Crippen LogP) is 2.33. The summed E-state index contributed by atoms with van der Waals surface area (Å²) in [5, 5.41) is 0. The van der Waals surface area contributed by atoms with Crippen LogP contribution in [0.4, 0.5) is 5.82 Å². The minimum absolute atomic E-state index is 0.397. The number of hydrogen-bond acceptors (Lipinski definition) is 4. The van der Waals surface area contributed by atoms with Crippen LogP contribution in [0, 0.1) is 0 Å². The maximum absolute atomic E-state index is 5.67. The summed E-state index contributed by atoms with van der Waals surface area (Å²) in [7, 11) is 1.99. The molecule has 0 bridgehead atoms. The normalized spacial score (nSPS) is 10.4. The lowest BCUT2D eigenvalue weighted by Crippen LogP contribution is -2.21. The number of nitrogens with two attached hydrogens (primary N) is 1. The molecular formula is C13H15BrN4. The van der Waals surface area contributed by atoms with Gasteiger partial charge in [0.25, 0.3) is 0 Å². The number of halogens is 1. The maximum atomic E-state index is 5.67. The number of aromatic nitrogens is 2. The zero-order valence-electron chi connectivity index (χ0n) is 10.2. The van der Waals surface area contributed by atoms with Gasteiger partial charge in [-0.25, -0.2) is 4.98 Å². The van der Waals surface area contributed by atoms with Crippen molar-refractivity contribution in [2.24, 2.45) is 5.73 Å². The molecule has 0 aliphatic heterocycles. The van der Waals surface area contributed by atoms with Crippen LogP contribution in [0.2, 0.25) is 0 Å². The molecule has 1 aromatic carbocycles. The summed E-state index contributed by atoms with van der Waals surface area (Å²) in [5.74, 6) is 0.836. The molecule has 0 saturated heterocycles. The van der Waals surface area contributed by atoms with Crippen LogP contribution in [0.5, 0.6) is 0 Å². The van der Waals surface area contributed by atoms with E-state index in [1.54, 1.807) is 12.4 Å². The van der Waals surface area contributed by atoms with Crippen molar-refractivity contribution in [3.05, 3.63) is 52.4 Å². The van der Waals surface area contributed by atoms with Gasteiger partial charge in [-0.2, -0.15) is 0 Å². The average Bonchev–Trinajstić information content (AvgIpc) is 2.41. The van der Waals surface area contributed by atoms with Crippen LogP contribution in [0.1, 0.15) is 11.3 Å². The lowest BCUT2D eigenvalue weighted by Gasteiger charge is -2.20. The molecule has 2 aromatic rings. The first-order valence-corrected chi connectivity index (χ1v) is 6.45. The van der Waals surface area contributed by atoms with Gasteiger partial charge in [0.05, 0.1) is 5.69 Å². The summed E-state index contributed by atoms with van der Waals surface area (Å²) in [4.78, 5) is 10.6. The van der Waals surface area contributed by atoms with Crippen molar-refractivity contribution in [2.45, 2.75) is 13.1 Å². The third-order valence-corrected chi connectivity index (χ3v) is 3.17. The van der Waals surface area contributed by atoms with Crippen LogP contribution in [0.15, 0.2) is 41.1 Å². The van der Waals surface area contributed by atoms with Crippen molar-refractivity contribution < 1.29 is 0 Å². The summed E-state index contributed by atoms with van der Waals surface area (Å²) >= 11 is 3.43. The molecule has 2 rings (SSSR count). The molecule has 18 heavy (non-hydrogen) atoms. The van der Waals surface area contributed by atoms with E-state index >= 15 is 0 Å². The Morgan fingerprint density at radius 2 is 1.83 bits per heavy atom. The molecule has 1 heterocycles. The first-order chi connectivity index (χ1) is 8.70. The third kappa shape index (κ3) is 3.05. The van der Waals surface area contributed by atoms with E-state index < -0.39 is 0 Å². The second kappa shape index (κ2) is 5.93.